The summed E-state index contributed by atoms with van der Waals surface area (Å²) in [5.74, 6) is 0.245. The number of sulfone groups is 1. The molecule has 1 saturated heterocycles. The Labute approximate surface area is 136 Å². The number of hydrogen-bond donors (Lipinski definition) is 2. The number of carbonyl (C=O) groups excluding carboxylic acids is 1. The lowest BCUT2D eigenvalue weighted by Crippen LogP contribution is -2.27. The van der Waals surface area contributed by atoms with Gasteiger partial charge in [0.25, 0.3) is 5.91 Å². The molecule has 0 aliphatic carbocycles. The quantitative estimate of drug-likeness (QED) is 0.679. The highest BCUT2D eigenvalue weighted by atomic mass is 32.2. The molecule has 2 heterocycles. The zero-order chi connectivity index (χ0) is 16.9. The molecule has 128 valence electrons. The van der Waals surface area contributed by atoms with Gasteiger partial charge in [0.15, 0.2) is 9.84 Å². The van der Waals surface area contributed by atoms with Crippen LogP contribution in [0.5, 0.6) is 0 Å². The first kappa shape index (κ1) is 17.6. The Morgan fingerprint density at radius 1 is 1.43 bits per heavy atom. The maximum atomic E-state index is 12.1. The third kappa shape index (κ3) is 5.43. The molecule has 23 heavy (non-hydrogen) atoms. The summed E-state index contributed by atoms with van der Waals surface area (Å²) < 4.78 is 27.9. The average molecular weight is 342 g/mol. The first-order valence-electron chi connectivity index (χ1n) is 7.49. The van der Waals surface area contributed by atoms with E-state index in [1.807, 2.05) is 0 Å². The van der Waals surface area contributed by atoms with E-state index < -0.39 is 9.84 Å². The van der Waals surface area contributed by atoms with Crippen LogP contribution in [0.25, 0.3) is 0 Å². The van der Waals surface area contributed by atoms with Crippen LogP contribution in [0.4, 0.5) is 5.95 Å². The lowest BCUT2D eigenvalue weighted by Gasteiger charge is -2.12. The van der Waals surface area contributed by atoms with E-state index in [0.717, 1.165) is 6.42 Å². The normalized spacial score (nSPS) is 19.5. The number of ether oxygens (including phenoxy) is 1. The van der Waals surface area contributed by atoms with Crippen LogP contribution in [-0.2, 0) is 14.6 Å². The summed E-state index contributed by atoms with van der Waals surface area (Å²) in [5.41, 5.74) is 0.906. The molecule has 0 spiro atoms. The number of carbonyl (C=O) groups is 1. The average Bonchev–Trinajstić information content (AvgIpc) is 2.81. The molecule has 1 unspecified atom stereocenters. The van der Waals surface area contributed by atoms with Crippen molar-refractivity contribution >= 4 is 21.7 Å². The number of amides is 1. The Bertz CT molecular complexity index is 663. The SMILES string of the molecule is COCCCNC(=O)c1cc(C)nc(NC2CCS(=O)(=O)C2)n1. The van der Waals surface area contributed by atoms with Crippen LogP contribution >= 0.6 is 0 Å². The zero-order valence-corrected chi connectivity index (χ0v) is 14.1. The van der Waals surface area contributed by atoms with Crippen LogP contribution in [0.2, 0.25) is 0 Å². The van der Waals surface area contributed by atoms with E-state index in [4.69, 9.17) is 4.74 Å². The Kier molecular flexibility index (Phi) is 5.89. The summed E-state index contributed by atoms with van der Waals surface area (Å²) in [5, 5.41) is 5.77. The van der Waals surface area contributed by atoms with Crippen LogP contribution in [-0.4, -0.2) is 62.1 Å². The predicted octanol–water partition coefficient (Wildman–Crippen LogP) is 0.150. The first-order valence-corrected chi connectivity index (χ1v) is 9.31. The molecule has 2 rings (SSSR count). The summed E-state index contributed by atoms with van der Waals surface area (Å²) in [6.07, 6.45) is 1.25. The van der Waals surface area contributed by atoms with Crippen molar-refractivity contribution in [3.05, 3.63) is 17.5 Å². The molecule has 0 bridgehead atoms. The molecule has 0 aromatic carbocycles. The van der Waals surface area contributed by atoms with Crippen molar-refractivity contribution < 1.29 is 17.9 Å². The minimum Gasteiger partial charge on any atom is -0.385 e. The van der Waals surface area contributed by atoms with Crippen molar-refractivity contribution in [2.24, 2.45) is 0 Å². The minimum atomic E-state index is -2.98. The third-order valence-electron chi connectivity index (χ3n) is 3.46. The van der Waals surface area contributed by atoms with Gasteiger partial charge in [0.05, 0.1) is 11.5 Å². The number of nitrogens with one attached hydrogen (secondary N) is 2. The van der Waals surface area contributed by atoms with Gasteiger partial charge in [-0.3, -0.25) is 4.79 Å². The molecule has 0 radical (unpaired) electrons. The van der Waals surface area contributed by atoms with Crippen LogP contribution in [0.15, 0.2) is 6.07 Å². The number of aromatic nitrogens is 2. The Morgan fingerprint density at radius 2 is 2.22 bits per heavy atom. The highest BCUT2D eigenvalue weighted by Crippen LogP contribution is 2.15. The smallest absolute Gasteiger partial charge is 0.270 e. The number of rotatable bonds is 7. The monoisotopic (exact) mass is 342 g/mol. The lowest BCUT2D eigenvalue weighted by atomic mass is 10.2. The van der Waals surface area contributed by atoms with Gasteiger partial charge in [-0.05, 0) is 25.8 Å². The van der Waals surface area contributed by atoms with Crippen LogP contribution in [0.1, 0.15) is 29.0 Å². The zero-order valence-electron chi connectivity index (χ0n) is 13.3. The number of anilines is 1. The maximum absolute atomic E-state index is 12.1. The van der Waals surface area contributed by atoms with Gasteiger partial charge in [0.2, 0.25) is 5.95 Å². The summed E-state index contributed by atoms with van der Waals surface area (Å²) in [4.78, 5) is 20.5. The molecule has 1 amide bonds. The Hall–Kier alpha value is -1.74. The van der Waals surface area contributed by atoms with Crippen LogP contribution in [0.3, 0.4) is 0 Å². The number of methoxy groups -OCH3 is 1. The Balaban J connectivity index is 1.99. The van der Waals surface area contributed by atoms with E-state index in [9.17, 15) is 13.2 Å². The lowest BCUT2D eigenvalue weighted by molar-refractivity contribution is 0.0943. The number of nitrogens with zero attached hydrogens (tertiary/aromatic N) is 2. The van der Waals surface area contributed by atoms with Crippen LogP contribution < -0.4 is 10.6 Å². The fraction of sp³-hybridized carbons (Fsp3) is 0.643. The first-order chi connectivity index (χ1) is 10.9. The standard InChI is InChI=1S/C14H22N4O4S/c1-10-8-12(13(19)15-5-3-6-22-2)18-14(16-10)17-11-4-7-23(20,21)9-11/h8,11H,3-7,9H2,1-2H3,(H,15,19)(H,16,17,18). The van der Waals surface area contributed by atoms with Crippen molar-refractivity contribution in [2.75, 3.05) is 37.1 Å². The number of aryl methyl sites for hydroxylation is 1. The van der Waals surface area contributed by atoms with Gasteiger partial charge in [0.1, 0.15) is 5.69 Å². The molecule has 1 aliphatic heterocycles. The third-order valence-corrected chi connectivity index (χ3v) is 5.23. The molecule has 1 aromatic rings. The molecule has 0 saturated carbocycles. The summed E-state index contributed by atoms with van der Waals surface area (Å²) in [6.45, 7) is 2.84. The van der Waals surface area contributed by atoms with Gasteiger partial charge in [-0.2, -0.15) is 0 Å². The summed E-state index contributed by atoms with van der Waals surface area (Å²) in [7, 11) is -1.37. The van der Waals surface area contributed by atoms with E-state index in [2.05, 4.69) is 20.6 Å². The van der Waals surface area contributed by atoms with Crippen molar-refractivity contribution in [3.63, 3.8) is 0 Å². The molecule has 9 heteroatoms. The summed E-state index contributed by atoms with van der Waals surface area (Å²) in [6, 6.07) is 1.39. The van der Waals surface area contributed by atoms with Gasteiger partial charge in [-0.15, -0.1) is 0 Å². The van der Waals surface area contributed by atoms with Crippen molar-refractivity contribution in [2.45, 2.75) is 25.8 Å². The molecule has 1 atom stereocenters. The van der Waals surface area contributed by atoms with E-state index >= 15 is 0 Å². The molecular formula is C14H22N4O4S. The molecule has 8 nitrogen and oxygen atoms in total. The topological polar surface area (TPSA) is 110 Å². The largest absolute Gasteiger partial charge is 0.385 e. The van der Waals surface area contributed by atoms with Gasteiger partial charge < -0.3 is 15.4 Å². The molecule has 2 N–H and O–H groups in total. The fourth-order valence-corrected chi connectivity index (χ4v) is 4.02. The fourth-order valence-electron chi connectivity index (χ4n) is 2.35. The highest BCUT2D eigenvalue weighted by Gasteiger charge is 2.28. The number of hydrogen-bond acceptors (Lipinski definition) is 7. The second-order valence-electron chi connectivity index (χ2n) is 5.56. The molecular weight excluding hydrogens is 320 g/mol. The van der Waals surface area contributed by atoms with Crippen LogP contribution in [0, 0.1) is 6.92 Å². The van der Waals surface area contributed by atoms with Gasteiger partial charge in [0, 0.05) is 32.0 Å². The second-order valence-corrected chi connectivity index (χ2v) is 7.79. The highest BCUT2D eigenvalue weighted by molar-refractivity contribution is 7.91. The van der Waals surface area contributed by atoms with Gasteiger partial charge in [-0.1, -0.05) is 0 Å². The summed E-state index contributed by atoms with van der Waals surface area (Å²) >= 11 is 0. The molecule has 1 fully saturated rings. The van der Waals surface area contributed by atoms with Crippen molar-refractivity contribution in [1.29, 1.82) is 0 Å². The van der Waals surface area contributed by atoms with Crippen molar-refractivity contribution in [1.82, 2.24) is 15.3 Å². The molecule has 1 aliphatic rings. The van der Waals surface area contributed by atoms with E-state index in [-0.39, 0.29) is 35.1 Å². The minimum absolute atomic E-state index is 0.0723. The van der Waals surface area contributed by atoms with Gasteiger partial charge >= 0.3 is 0 Å². The second kappa shape index (κ2) is 7.69. The maximum Gasteiger partial charge on any atom is 0.270 e. The molecule has 1 aromatic heterocycles. The van der Waals surface area contributed by atoms with E-state index in [1.54, 1.807) is 20.1 Å². The van der Waals surface area contributed by atoms with E-state index in [0.29, 0.717) is 25.3 Å². The Morgan fingerprint density at radius 3 is 2.87 bits per heavy atom. The van der Waals surface area contributed by atoms with Crippen molar-refractivity contribution in [3.8, 4) is 0 Å². The van der Waals surface area contributed by atoms with Gasteiger partial charge in [-0.25, -0.2) is 18.4 Å². The van der Waals surface area contributed by atoms with E-state index in [1.165, 1.54) is 0 Å². The predicted molar refractivity (Wildman–Crippen MR) is 86.3 cm³/mol.